The summed E-state index contributed by atoms with van der Waals surface area (Å²) in [7, 11) is 0. The fourth-order valence-electron chi connectivity index (χ4n) is 4.52. The Labute approximate surface area is 175 Å². The van der Waals surface area contributed by atoms with Gasteiger partial charge in [0.05, 0.1) is 18.2 Å². The van der Waals surface area contributed by atoms with Crippen LogP contribution in [0.4, 0.5) is 5.69 Å². The Morgan fingerprint density at radius 3 is 2.90 bits per heavy atom. The van der Waals surface area contributed by atoms with Crippen molar-refractivity contribution < 1.29 is 14.3 Å². The maximum absolute atomic E-state index is 12.2. The Kier molecular flexibility index (Phi) is 5.00. The first kappa shape index (κ1) is 18.6. The smallest absolute Gasteiger partial charge is 0.338 e. The molecule has 5 heteroatoms. The molecule has 0 bridgehead atoms. The largest absolute Gasteiger partial charge is 0.489 e. The summed E-state index contributed by atoms with van der Waals surface area (Å²) in [6.07, 6.45) is 5.92. The van der Waals surface area contributed by atoms with Crippen LogP contribution in [0.1, 0.15) is 46.8 Å². The van der Waals surface area contributed by atoms with Crippen LogP contribution in [0.5, 0.6) is 5.75 Å². The summed E-state index contributed by atoms with van der Waals surface area (Å²) in [5, 5.41) is 3.74. The summed E-state index contributed by atoms with van der Waals surface area (Å²) in [4.78, 5) is 12.2. The Bertz CT molecular complexity index is 953. The second-order valence-electron chi connectivity index (χ2n) is 7.85. The average molecular weight is 408 g/mol. The molecule has 1 aliphatic carbocycles. The maximum atomic E-state index is 12.2. The molecule has 2 aromatic rings. The van der Waals surface area contributed by atoms with Crippen LogP contribution in [-0.2, 0) is 4.74 Å². The lowest BCUT2D eigenvalue weighted by atomic mass is 9.76. The van der Waals surface area contributed by atoms with E-state index < -0.39 is 0 Å². The number of fused-ring (bicyclic) bond motifs is 3. The molecule has 3 atom stereocenters. The molecule has 0 radical (unpaired) electrons. The van der Waals surface area contributed by atoms with Crippen molar-refractivity contribution in [1.82, 2.24) is 0 Å². The predicted molar refractivity (Wildman–Crippen MR) is 117 cm³/mol. The minimum atomic E-state index is -0.255. The number of nitrogens with one attached hydrogen (secondary N) is 1. The zero-order valence-electron chi connectivity index (χ0n) is 16.5. The van der Waals surface area contributed by atoms with Crippen LogP contribution < -0.4 is 10.1 Å². The SMILES string of the molecule is CCOC(=O)c1ccc2c(c1)[C@@H]1C=CC[C@@H]1[C@@H](c1cccc(OC3CSC3)c1)N2. The van der Waals surface area contributed by atoms with E-state index in [9.17, 15) is 4.79 Å². The van der Waals surface area contributed by atoms with E-state index in [1.54, 1.807) is 0 Å². The van der Waals surface area contributed by atoms with Crippen LogP contribution in [0.15, 0.2) is 54.6 Å². The van der Waals surface area contributed by atoms with Gasteiger partial charge in [-0.25, -0.2) is 4.79 Å². The maximum Gasteiger partial charge on any atom is 0.338 e. The van der Waals surface area contributed by atoms with Crippen LogP contribution in [0, 0.1) is 5.92 Å². The van der Waals surface area contributed by atoms with Crippen LogP contribution in [0.2, 0.25) is 0 Å². The van der Waals surface area contributed by atoms with Crippen molar-refractivity contribution in [2.24, 2.45) is 5.92 Å². The molecule has 29 heavy (non-hydrogen) atoms. The second-order valence-corrected chi connectivity index (χ2v) is 8.92. The molecule has 1 N–H and O–H groups in total. The highest BCUT2D eigenvalue weighted by atomic mass is 32.2. The van der Waals surface area contributed by atoms with E-state index in [0.29, 0.717) is 30.1 Å². The van der Waals surface area contributed by atoms with E-state index in [1.807, 2.05) is 36.9 Å². The summed E-state index contributed by atoms with van der Waals surface area (Å²) in [6.45, 7) is 2.22. The number of rotatable bonds is 5. The normalized spacial score (nSPS) is 24.8. The molecule has 1 saturated heterocycles. The summed E-state index contributed by atoms with van der Waals surface area (Å²) in [5.41, 5.74) is 4.16. The van der Waals surface area contributed by atoms with Crippen molar-refractivity contribution in [2.75, 3.05) is 23.4 Å². The monoisotopic (exact) mass is 407 g/mol. The molecule has 2 heterocycles. The Hall–Kier alpha value is -2.40. The zero-order valence-corrected chi connectivity index (χ0v) is 17.3. The number of benzene rings is 2. The highest BCUT2D eigenvalue weighted by Crippen LogP contribution is 2.50. The van der Waals surface area contributed by atoms with Gasteiger partial charge in [-0.15, -0.1) is 0 Å². The van der Waals surface area contributed by atoms with Crippen molar-refractivity contribution in [3.8, 4) is 5.75 Å². The van der Waals surface area contributed by atoms with Gasteiger partial charge in [-0.05, 0) is 60.7 Å². The first-order valence-electron chi connectivity index (χ1n) is 10.3. The van der Waals surface area contributed by atoms with Crippen LogP contribution in [-0.4, -0.2) is 30.2 Å². The van der Waals surface area contributed by atoms with E-state index in [-0.39, 0.29) is 12.0 Å². The highest BCUT2D eigenvalue weighted by molar-refractivity contribution is 8.00. The minimum absolute atomic E-state index is 0.218. The molecule has 3 aliphatic rings. The van der Waals surface area contributed by atoms with Gasteiger partial charge in [-0.1, -0.05) is 24.3 Å². The molecule has 2 aromatic carbocycles. The third kappa shape index (κ3) is 3.52. The van der Waals surface area contributed by atoms with Crippen molar-refractivity contribution in [1.29, 1.82) is 0 Å². The number of hydrogen-bond acceptors (Lipinski definition) is 5. The van der Waals surface area contributed by atoms with Gasteiger partial charge in [0.25, 0.3) is 0 Å². The number of hydrogen-bond donors (Lipinski definition) is 1. The van der Waals surface area contributed by atoms with E-state index in [2.05, 4.69) is 41.7 Å². The molecular weight excluding hydrogens is 382 g/mol. The van der Waals surface area contributed by atoms with Gasteiger partial charge in [0.2, 0.25) is 0 Å². The number of allylic oxidation sites excluding steroid dienone is 2. The van der Waals surface area contributed by atoms with E-state index in [4.69, 9.17) is 9.47 Å². The number of carbonyl (C=O) groups is 1. The van der Waals surface area contributed by atoms with Gasteiger partial charge in [0, 0.05) is 23.1 Å². The molecule has 0 unspecified atom stereocenters. The molecule has 150 valence electrons. The lowest BCUT2D eigenvalue weighted by Gasteiger charge is -2.38. The van der Waals surface area contributed by atoms with Gasteiger partial charge < -0.3 is 14.8 Å². The second kappa shape index (κ2) is 7.79. The van der Waals surface area contributed by atoms with Crippen LogP contribution >= 0.6 is 11.8 Å². The van der Waals surface area contributed by atoms with Crippen molar-refractivity contribution in [2.45, 2.75) is 31.4 Å². The molecule has 0 amide bonds. The molecule has 0 spiro atoms. The van der Waals surface area contributed by atoms with Crippen molar-refractivity contribution >= 4 is 23.4 Å². The third-order valence-corrected chi connectivity index (χ3v) is 7.22. The number of esters is 1. The van der Waals surface area contributed by atoms with Crippen LogP contribution in [0.3, 0.4) is 0 Å². The lowest BCUT2D eigenvalue weighted by molar-refractivity contribution is 0.0526. The predicted octanol–water partition coefficient (Wildman–Crippen LogP) is 5.18. The lowest BCUT2D eigenvalue weighted by Crippen LogP contribution is -2.31. The summed E-state index contributed by atoms with van der Waals surface area (Å²) in [6, 6.07) is 14.6. The Balaban J connectivity index is 1.44. The molecule has 0 saturated carbocycles. The zero-order chi connectivity index (χ0) is 19.8. The number of anilines is 1. The number of carbonyl (C=O) groups excluding carboxylic acids is 1. The van der Waals surface area contributed by atoms with Crippen molar-refractivity contribution in [3.05, 3.63) is 71.3 Å². The topological polar surface area (TPSA) is 47.6 Å². The van der Waals surface area contributed by atoms with Gasteiger partial charge in [-0.3, -0.25) is 0 Å². The summed E-state index contributed by atoms with van der Waals surface area (Å²) >= 11 is 1.93. The Morgan fingerprint density at radius 1 is 1.21 bits per heavy atom. The van der Waals surface area contributed by atoms with Gasteiger partial charge >= 0.3 is 5.97 Å². The summed E-state index contributed by atoms with van der Waals surface area (Å²) < 4.78 is 11.3. The highest BCUT2D eigenvalue weighted by Gasteiger charge is 2.38. The fraction of sp³-hybridized carbons (Fsp3) is 0.375. The summed E-state index contributed by atoms with van der Waals surface area (Å²) in [5.74, 6) is 3.59. The van der Waals surface area contributed by atoms with E-state index >= 15 is 0 Å². The van der Waals surface area contributed by atoms with E-state index in [0.717, 1.165) is 29.4 Å². The molecule has 4 nitrogen and oxygen atoms in total. The molecule has 5 rings (SSSR count). The minimum Gasteiger partial charge on any atom is -0.489 e. The van der Waals surface area contributed by atoms with Gasteiger partial charge in [0.15, 0.2) is 0 Å². The van der Waals surface area contributed by atoms with Crippen LogP contribution in [0.25, 0.3) is 0 Å². The Morgan fingerprint density at radius 2 is 2.10 bits per heavy atom. The molecule has 1 fully saturated rings. The van der Waals surface area contributed by atoms with Gasteiger partial charge in [-0.2, -0.15) is 11.8 Å². The van der Waals surface area contributed by atoms with E-state index in [1.165, 1.54) is 11.1 Å². The first-order valence-corrected chi connectivity index (χ1v) is 11.5. The number of ether oxygens (including phenoxy) is 2. The van der Waals surface area contributed by atoms with Gasteiger partial charge in [0.1, 0.15) is 11.9 Å². The third-order valence-electron chi connectivity index (χ3n) is 6.00. The first-order chi connectivity index (χ1) is 14.2. The van der Waals surface area contributed by atoms with Crippen molar-refractivity contribution in [3.63, 3.8) is 0 Å². The quantitative estimate of drug-likeness (QED) is 0.546. The molecule has 0 aromatic heterocycles. The average Bonchev–Trinajstić information content (AvgIpc) is 3.20. The number of thioether (sulfide) groups is 1. The molecular formula is C24H25NO3S. The fourth-order valence-corrected chi connectivity index (χ4v) is 5.09. The molecule has 2 aliphatic heterocycles. The standard InChI is InChI=1S/C24H25NO3S/c1-2-27-24(26)16-9-10-22-21(12-16)19-7-4-8-20(19)23(25-22)15-5-3-6-17(11-15)28-18-13-29-14-18/h3-7,9-12,18-20,23,25H,2,8,13-14H2,1H3/t19-,20+,23-/m1/s1.